The van der Waals surface area contributed by atoms with Crippen LogP contribution in [0.15, 0.2) is 36.5 Å². The third-order valence-corrected chi connectivity index (χ3v) is 2.97. The van der Waals surface area contributed by atoms with Crippen LogP contribution in [0.2, 0.25) is 0 Å². The number of pyridine rings is 1. The van der Waals surface area contributed by atoms with Gasteiger partial charge in [-0.3, -0.25) is 9.78 Å². The van der Waals surface area contributed by atoms with E-state index in [1.54, 1.807) is 18.3 Å². The normalized spacial score (nSPS) is 10.2. The van der Waals surface area contributed by atoms with Crippen molar-refractivity contribution in [2.75, 3.05) is 5.73 Å². The highest BCUT2D eigenvalue weighted by Gasteiger charge is 2.06. The maximum absolute atomic E-state index is 12.0. The molecule has 0 saturated carbocycles. The van der Waals surface area contributed by atoms with E-state index in [1.807, 2.05) is 32.0 Å². The molecule has 4 nitrogen and oxygen atoms in total. The molecule has 0 spiro atoms. The van der Waals surface area contributed by atoms with E-state index in [1.165, 1.54) is 0 Å². The number of nitrogens with one attached hydrogen (secondary N) is 1. The highest BCUT2D eigenvalue weighted by Crippen LogP contribution is 2.12. The predicted octanol–water partition coefficient (Wildman–Crippen LogP) is 2.21. The lowest BCUT2D eigenvalue weighted by molar-refractivity contribution is 0.0951. The molecule has 3 N–H and O–H groups in total. The van der Waals surface area contributed by atoms with Crippen molar-refractivity contribution in [2.24, 2.45) is 0 Å². The van der Waals surface area contributed by atoms with Crippen molar-refractivity contribution in [1.82, 2.24) is 10.3 Å². The lowest BCUT2D eigenvalue weighted by Gasteiger charge is -2.07. The van der Waals surface area contributed by atoms with E-state index in [-0.39, 0.29) is 5.91 Å². The topological polar surface area (TPSA) is 68.0 Å². The summed E-state index contributed by atoms with van der Waals surface area (Å²) >= 11 is 0. The Morgan fingerprint density at radius 3 is 2.68 bits per heavy atom. The molecule has 1 aromatic heterocycles. The maximum Gasteiger partial charge on any atom is 0.251 e. The summed E-state index contributed by atoms with van der Waals surface area (Å²) in [5.41, 5.74) is 9.90. The van der Waals surface area contributed by atoms with Gasteiger partial charge in [0.05, 0.1) is 0 Å². The second-order valence-electron chi connectivity index (χ2n) is 4.56. The molecule has 0 bridgehead atoms. The number of aromatic nitrogens is 1. The molecular weight excluding hydrogens is 238 g/mol. The first-order chi connectivity index (χ1) is 9.06. The quantitative estimate of drug-likeness (QED) is 0.826. The fraction of sp³-hybridized carbons (Fsp3) is 0.200. The minimum Gasteiger partial charge on any atom is -0.398 e. The first kappa shape index (κ1) is 13.1. The van der Waals surface area contributed by atoms with Gasteiger partial charge in [-0.1, -0.05) is 12.1 Å². The van der Waals surface area contributed by atoms with Crippen molar-refractivity contribution in [3.05, 3.63) is 58.9 Å². The van der Waals surface area contributed by atoms with Gasteiger partial charge in [0.1, 0.15) is 0 Å². The Labute approximate surface area is 112 Å². The predicted molar refractivity (Wildman–Crippen MR) is 75.7 cm³/mol. The number of nitrogen functional groups attached to an aromatic ring is 1. The van der Waals surface area contributed by atoms with Crippen molar-refractivity contribution >= 4 is 11.6 Å². The number of anilines is 1. The van der Waals surface area contributed by atoms with Gasteiger partial charge in [0.15, 0.2) is 0 Å². The number of nitrogens with zero attached hydrogens (tertiary/aromatic N) is 1. The molecule has 0 unspecified atom stereocenters. The summed E-state index contributed by atoms with van der Waals surface area (Å²) in [6, 6.07) is 9.18. The lowest BCUT2D eigenvalue weighted by atomic mass is 10.1. The van der Waals surface area contributed by atoms with Crippen molar-refractivity contribution in [3.8, 4) is 0 Å². The molecule has 1 amide bonds. The molecule has 0 saturated heterocycles. The summed E-state index contributed by atoms with van der Waals surface area (Å²) in [5.74, 6) is -0.132. The van der Waals surface area contributed by atoms with E-state index in [4.69, 9.17) is 5.73 Å². The third kappa shape index (κ3) is 3.31. The average molecular weight is 255 g/mol. The SMILES string of the molecule is Cc1ccc(CNC(=O)c2ccc(C)c(N)c2)cn1. The zero-order chi connectivity index (χ0) is 13.8. The zero-order valence-electron chi connectivity index (χ0n) is 11.1. The van der Waals surface area contributed by atoms with E-state index in [0.29, 0.717) is 17.8 Å². The number of aryl methyl sites for hydroxylation is 2. The Morgan fingerprint density at radius 2 is 2.05 bits per heavy atom. The van der Waals surface area contributed by atoms with E-state index < -0.39 is 0 Å². The van der Waals surface area contributed by atoms with Crippen LogP contribution < -0.4 is 11.1 Å². The van der Waals surface area contributed by atoms with Crippen LogP contribution in [0.25, 0.3) is 0 Å². The van der Waals surface area contributed by atoms with Crippen LogP contribution in [0.4, 0.5) is 5.69 Å². The number of carbonyl (C=O) groups excluding carboxylic acids is 1. The summed E-state index contributed by atoms with van der Waals surface area (Å²) in [6.07, 6.45) is 1.76. The lowest BCUT2D eigenvalue weighted by Crippen LogP contribution is -2.23. The molecule has 0 aliphatic carbocycles. The number of nitrogens with two attached hydrogens (primary N) is 1. The van der Waals surface area contributed by atoms with E-state index in [0.717, 1.165) is 16.8 Å². The first-order valence-electron chi connectivity index (χ1n) is 6.12. The Morgan fingerprint density at radius 1 is 1.26 bits per heavy atom. The van der Waals surface area contributed by atoms with Crippen LogP contribution in [-0.4, -0.2) is 10.9 Å². The second-order valence-corrected chi connectivity index (χ2v) is 4.56. The highest BCUT2D eigenvalue weighted by molar-refractivity contribution is 5.95. The van der Waals surface area contributed by atoms with Crippen LogP contribution >= 0.6 is 0 Å². The van der Waals surface area contributed by atoms with Crippen LogP contribution in [-0.2, 0) is 6.54 Å². The molecule has 1 heterocycles. The zero-order valence-corrected chi connectivity index (χ0v) is 11.1. The van der Waals surface area contributed by atoms with Crippen LogP contribution in [0, 0.1) is 13.8 Å². The van der Waals surface area contributed by atoms with Crippen molar-refractivity contribution < 1.29 is 4.79 Å². The molecule has 98 valence electrons. The monoisotopic (exact) mass is 255 g/mol. The molecule has 0 aliphatic rings. The Balaban J connectivity index is 2.01. The van der Waals surface area contributed by atoms with E-state index in [2.05, 4.69) is 10.3 Å². The van der Waals surface area contributed by atoms with Crippen molar-refractivity contribution in [3.63, 3.8) is 0 Å². The molecule has 19 heavy (non-hydrogen) atoms. The van der Waals surface area contributed by atoms with Crippen molar-refractivity contribution in [1.29, 1.82) is 0 Å². The molecule has 4 heteroatoms. The van der Waals surface area contributed by atoms with Crippen LogP contribution in [0.5, 0.6) is 0 Å². The highest BCUT2D eigenvalue weighted by atomic mass is 16.1. The van der Waals surface area contributed by atoms with E-state index >= 15 is 0 Å². The Kier molecular flexibility index (Phi) is 3.80. The van der Waals surface area contributed by atoms with Gasteiger partial charge in [-0.2, -0.15) is 0 Å². The molecule has 0 atom stereocenters. The molecule has 1 aromatic carbocycles. The first-order valence-corrected chi connectivity index (χ1v) is 6.12. The molecule has 0 radical (unpaired) electrons. The van der Waals surface area contributed by atoms with Crippen LogP contribution in [0.1, 0.15) is 27.2 Å². The minimum atomic E-state index is -0.132. The standard InChI is InChI=1S/C15H17N3O/c1-10-3-6-13(7-14(10)16)15(19)18-9-12-5-4-11(2)17-8-12/h3-8H,9,16H2,1-2H3,(H,18,19). The molecular formula is C15H17N3O. The number of hydrogen-bond acceptors (Lipinski definition) is 3. The maximum atomic E-state index is 12.0. The molecule has 0 fully saturated rings. The van der Waals surface area contributed by atoms with E-state index in [9.17, 15) is 4.79 Å². The fourth-order valence-electron chi connectivity index (χ4n) is 1.67. The Bertz CT molecular complexity index is 591. The number of benzene rings is 1. The number of hydrogen-bond donors (Lipinski definition) is 2. The van der Waals surface area contributed by atoms with Crippen molar-refractivity contribution in [2.45, 2.75) is 20.4 Å². The fourth-order valence-corrected chi connectivity index (χ4v) is 1.67. The van der Waals surface area contributed by atoms with Gasteiger partial charge in [0, 0.05) is 29.7 Å². The molecule has 2 aromatic rings. The van der Waals surface area contributed by atoms with Gasteiger partial charge in [-0.05, 0) is 43.2 Å². The van der Waals surface area contributed by atoms with Gasteiger partial charge < -0.3 is 11.1 Å². The number of carbonyl (C=O) groups is 1. The molecule has 2 rings (SSSR count). The summed E-state index contributed by atoms with van der Waals surface area (Å²) in [4.78, 5) is 16.1. The second kappa shape index (κ2) is 5.52. The van der Waals surface area contributed by atoms with Gasteiger partial charge in [0.2, 0.25) is 0 Å². The summed E-state index contributed by atoms with van der Waals surface area (Å²) < 4.78 is 0. The summed E-state index contributed by atoms with van der Waals surface area (Å²) in [7, 11) is 0. The largest absolute Gasteiger partial charge is 0.398 e. The molecule has 0 aliphatic heterocycles. The summed E-state index contributed by atoms with van der Waals surface area (Å²) in [5, 5.41) is 2.85. The van der Waals surface area contributed by atoms with Gasteiger partial charge >= 0.3 is 0 Å². The smallest absolute Gasteiger partial charge is 0.251 e. The Hall–Kier alpha value is -2.36. The number of rotatable bonds is 3. The minimum absolute atomic E-state index is 0.132. The number of amides is 1. The third-order valence-electron chi connectivity index (χ3n) is 2.97. The average Bonchev–Trinajstić information content (AvgIpc) is 2.41. The van der Waals surface area contributed by atoms with Crippen LogP contribution in [0.3, 0.4) is 0 Å². The van der Waals surface area contributed by atoms with Gasteiger partial charge in [0.25, 0.3) is 5.91 Å². The summed E-state index contributed by atoms with van der Waals surface area (Å²) in [6.45, 7) is 4.30. The van der Waals surface area contributed by atoms with Gasteiger partial charge in [-0.25, -0.2) is 0 Å². The van der Waals surface area contributed by atoms with Gasteiger partial charge in [-0.15, -0.1) is 0 Å².